The number of carbonyl (C=O) groups excluding carboxylic acids is 1. The molecule has 0 bridgehead atoms. The summed E-state index contributed by atoms with van der Waals surface area (Å²) in [6.45, 7) is 4.46. The van der Waals surface area contributed by atoms with Crippen LogP contribution in [-0.2, 0) is 23.4 Å². The van der Waals surface area contributed by atoms with Crippen molar-refractivity contribution in [3.8, 4) is 5.75 Å². The van der Waals surface area contributed by atoms with E-state index >= 15 is 0 Å². The summed E-state index contributed by atoms with van der Waals surface area (Å²) in [6.07, 6.45) is 0. The van der Waals surface area contributed by atoms with Gasteiger partial charge in [0, 0.05) is 6.54 Å². The molecule has 2 N–H and O–H groups in total. The summed E-state index contributed by atoms with van der Waals surface area (Å²) in [7, 11) is 0. The van der Waals surface area contributed by atoms with E-state index in [1.54, 1.807) is 13.8 Å². The highest BCUT2D eigenvalue weighted by molar-refractivity contribution is 5.94. The molecule has 1 aromatic carbocycles. The highest BCUT2D eigenvalue weighted by atomic mass is 16.5. The lowest BCUT2D eigenvalue weighted by Gasteiger charge is -2.32. The van der Waals surface area contributed by atoms with Gasteiger partial charge >= 0.3 is 0 Å². The highest BCUT2D eigenvalue weighted by Gasteiger charge is 2.34. The molecule has 2 heterocycles. The minimum Gasteiger partial charge on any atom is -0.501 e. The first-order valence-electron chi connectivity index (χ1n) is 7.70. The van der Waals surface area contributed by atoms with E-state index in [0.29, 0.717) is 19.0 Å². The molecule has 0 saturated carbocycles. The van der Waals surface area contributed by atoms with Crippen LogP contribution in [0.25, 0.3) is 0 Å². The number of rotatable bonds is 3. The highest BCUT2D eigenvalue weighted by Crippen LogP contribution is 2.27. The Bertz CT molecular complexity index is 828. The molecule has 0 atom stereocenters. The van der Waals surface area contributed by atoms with Crippen molar-refractivity contribution in [1.82, 2.24) is 14.9 Å². The van der Waals surface area contributed by atoms with Crippen LogP contribution in [0.5, 0.6) is 5.75 Å². The molecule has 0 unspecified atom stereocenters. The van der Waals surface area contributed by atoms with Gasteiger partial charge in [0.1, 0.15) is 11.4 Å². The Morgan fingerprint density at radius 2 is 2.08 bits per heavy atom. The second-order valence-corrected chi connectivity index (χ2v) is 6.12. The molecule has 1 amide bonds. The van der Waals surface area contributed by atoms with Crippen molar-refractivity contribution in [1.29, 1.82) is 0 Å². The summed E-state index contributed by atoms with van der Waals surface area (Å²) in [4.78, 5) is 28.9. The standard InChI is InChI=1S/C17H19N3O4/c1-17(2)16-19-12(13(21)15(23)20(16)8-9-24-17)14(22)18-10-11-6-4-3-5-7-11/h3-7,21H,8-10H2,1-2H3,(H,18,22). The third-order valence-electron chi connectivity index (χ3n) is 3.97. The largest absolute Gasteiger partial charge is 0.501 e. The average molecular weight is 329 g/mol. The van der Waals surface area contributed by atoms with Gasteiger partial charge in [-0.05, 0) is 19.4 Å². The van der Waals surface area contributed by atoms with E-state index in [2.05, 4.69) is 10.3 Å². The summed E-state index contributed by atoms with van der Waals surface area (Å²) < 4.78 is 6.97. The van der Waals surface area contributed by atoms with E-state index in [0.717, 1.165) is 5.56 Å². The van der Waals surface area contributed by atoms with Crippen LogP contribution in [0.2, 0.25) is 0 Å². The maximum atomic E-state index is 12.4. The van der Waals surface area contributed by atoms with Crippen LogP contribution >= 0.6 is 0 Å². The Kier molecular flexibility index (Phi) is 4.11. The van der Waals surface area contributed by atoms with E-state index in [-0.39, 0.29) is 12.2 Å². The lowest BCUT2D eigenvalue weighted by molar-refractivity contribution is -0.0566. The molecule has 1 aliphatic rings. The van der Waals surface area contributed by atoms with E-state index in [9.17, 15) is 14.7 Å². The monoisotopic (exact) mass is 329 g/mol. The van der Waals surface area contributed by atoms with Gasteiger partial charge in [-0.3, -0.25) is 14.2 Å². The quantitative estimate of drug-likeness (QED) is 0.881. The molecule has 3 rings (SSSR count). The molecule has 0 radical (unpaired) electrons. The minimum absolute atomic E-state index is 0.277. The van der Waals surface area contributed by atoms with E-state index in [1.807, 2.05) is 30.3 Å². The average Bonchev–Trinajstić information content (AvgIpc) is 2.57. The Balaban J connectivity index is 1.92. The molecule has 0 spiro atoms. The van der Waals surface area contributed by atoms with Crippen molar-refractivity contribution in [3.05, 3.63) is 57.8 Å². The molecule has 1 aliphatic heterocycles. The first kappa shape index (κ1) is 16.2. The Morgan fingerprint density at radius 3 is 2.79 bits per heavy atom. The zero-order chi connectivity index (χ0) is 17.3. The molecule has 24 heavy (non-hydrogen) atoms. The second kappa shape index (κ2) is 6.09. The summed E-state index contributed by atoms with van der Waals surface area (Å²) in [5, 5.41) is 12.8. The van der Waals surface area contributed by atoms with Gasteiger partial charge in [-0.15, -0.1) is 0 Å². The maximum Gasteiger partial charge on any atom is 0.296 e. The number of nitrogens with zero attached hydrogens (tertiary/aromatic N) is 2. The van der Waals surface area contributed by atoms with Gasteiger partial charge in [0.2, 0.25) is 5.75 Å². The summed E-state index contributed by atoms with van der Waals surface area (Å²) in [5.41, 5.74) is -0.801. The summed E-state index contributed by atoms with van der Waals surface area (Å²) >= 11 is 0. The van der Waals surface area contributed by atoms with Crippen LogP contribution in [-0.4, -0.2) is 27.2 Å². The Morgan fingerprint density at radius 1 is 1.38 bits per heavy atom. The molecular weight excluding hydrogens is 310 g/mol. The number of benzene rings is 1. The molecule has 1 aromatic heterocycles. The molecule has 126 valence electrons. The van der Waals surface area contributed by atoms with E-state index in [1.165, 1.54) is 4.57 Å². The van der Waals surface area contributed by atoms with Crippen molar-refractivity contribution in [2.45, 2.75) is 32.5 Å². The van der Waals surface area contributed by atoms with Crippen molar-refractivity contribution in [2.24, 2.45) is 0 Å². The Labute approximate surface area is 138 Å². The van der Waals surface area contributed by atoms with Crippen LogP contribution < -0.4 is 10.9 Å². The fraction of sp³-hybridized carbons (Fsp3) is 0.353. The van der Waals surface area contributed by atoms with Crippen LogP contribution in [0, 0.1) is 0 Å². The normalized spacial score (nSPS) is 15.6. The van der Waals surface area contributed by atoms with E-state index in [4.69, 9.17) is 4.74 Å². The topological polar surface area (TPSA) is 93.5 Å². The number of hydrogen-bond donors (Lipinski definition) is 2. The fourth-order valence-electron chi connectivity index (χ4n) is 2.69. The molecule has 7 heteroatoms. The summed E-state index contributed by atoms with van der Waals surface area (Å²) in [5.74, 6) is -0.901. The number of amides is 1. The van der Waals surface area contributed by atoms with Gasteiger partial charge in [0.25, 0.3) is 11.5 Å². The number of aromatic nitrogens is 2. The summed E-state index contributed by atoms with van der Waals surface area (Å²) in [6, 6.07) is 9.34. The van der Waals surface area contributed by atoms with Crippen molar-refractivity contribution >= 4 is 5.91 Å². The van der Waals surface area contributed by atoms with Gasteiger partial charge < -0.3 is 15.2 Å². The number of aromatic hydroxyl groups is 1. The molecule has 0 saturated heterocycles. The van der Waals surface area contributed by atoms with Gasteiger partial charge in [-0.1, -0.05) is 30.3 Å². The number of ether oxygens (including phenoxy) is 1. The fourth-order valence-corrected chi connectivity index (χ4v) is 2.69. The number of nitrogens with one attached hydrogen (secondary N) is 1. The minimum atomic E-state index is -0.806. The first-order valence-corrected chi connectivity index (χ1v) is 7.70. The molecule has 0 fully saturated rings. The number of fused-ring (bicyclic) bond motifs is 1. The SMILES string of the molecule is CC1(C)OCCn2c1nc(C(=O)NCc1ccccc1)c(O)c2=O. The van der Waals surface area contributed by atoms with Crippen LogP contribution in [0.1, 0.15) is 35.7 Å². The second-order valence-electron chi connectivity index (χ2n) is 6.12. The molecular formula is C17H19N3O4. The number of hydrogen-bond acceptors (Lipinski definition) is 5. The van der Waals surface area contributed by atoms with Crippen molar-refractivity contribution in [3.63, 3.8) is 0 Å². The van der Waals surface area contributed by atoms with Crippen LogP contribution in [0.15, 0.2) is 35.1 Å². The molecule has 2 aromatic rings. The van der Waals surface area contributed by atoms with Gasteiger partial charge in [0.05, 0.1) is 13.2 Å². The van der Waals surface area contributed by atoms with Gasteiger partial charge in [0.15, 0.2) is 5.69 Å². The van der Waals surface area contributed by atoms with Crippen molar-refractivity contribution in [2.75, 3.05) is 6.61 Å². The first-order chi connectivity index (χ1) is 11.4. The third kappa shape index (κ3) is 2.90. The Hall–Kier alpha value is -2.67. The van der Waals surface area contributed by atoms with E-state index < -0.39 is 22.8 Å². The van der Waals surface area contributed by atoms with Crippen LogP contribution in [0.3, 0.4) is 0 Å². The zero-order valence-corrected chi connectivity index (χ0v) is 13.6. The van der Waals surface area contributed by atoms with Crippen molar-refractivity contribution < 1.29 is 14.6 Å². The lowest BCUT2D eigenvalue weighted by atomic mass is 10.1. The zero-order valence-electron chi connectivity index (χ0n) is 13.6. The lowest BCUT2D eigenvalue weighted by Crippen LogP contribution is -2.42. The smallest absolute Gasteiger partial charge is 0.296 e. The predicted molar refractivity (Wildman–Crippen MR) is 86.8 cm³/mol. The third-order valence-corrected chi connectivity index (χ3v) is 3.97. The van der Waals surface area contributed by atoms with Crippen LogP contribution in [0.4, 0.5) is 0 Å². The van der Waals surface area contributed by atoms with Gasteiger partial charge in [-0.25, -0.2) is 4.98 Å². The molecule has 0 aliphatic carbocycles. The molecule has 7 nitrogen and oxygen atoms in total. The van der Waals surface area contributed by atoms with Gasteiger partial charge in [-0.2, -0.15) is 0 Å². The number of carbonyl (C=O) groups is 1. The predicted octanol–water partition coefficient (Wildman–Crippen LogP) is 1.14. The maximum absolute atomic E-state index is 12.4.